The average Bonchev–Trinajstić information content (AvgIpc) is 2.65. The number of amides is 2. The van der Waals surface area contributed by atoms with Crippen LogP contribution in [0, 0.1) is 5.92 Å². The van der Waals surface area contributed by atoms with Crippen LogP contribution in [0.1, 0.15) is 77.0 Å². The second-order valence-corrected chi connectivity index (χ2v) is 8.17. The first-order valence-electron chi connectivity index (χ1n) is 10.6. The number of carbonyl (C=O) groups is 2. The molecular weight excluding hydrogens is 336 g/mol. The second-order valence-electron chi connectivity index (χ2n) is 8.17. The Morgan fingerprint density at radius 1 is 1.22 bits per heavy atom. The average molecular weight is 373 g/mol. The van der Waals surface area contributed by atoms with Crippen LogP contribution in [0.25, 0.3) is 0 Å². The van der Waals surface area contributed by atoms with Crippen LogP contribution in [-0.4, -0.2) is 41.2 Å². The zero-order valence-electron chi connectivity index (χ0n) is 17.5. The summed E-state index contributed by atoms with van der Waals surface area (Å²) in [7, 11) is 0. The fraction of sp³-hybridized carbons (Fsp3) is 0.652. The van der Waals surface area contributed by atoms with E-state index in [1.807, 2.05) is 11.0 Å². The van der Waals surface area contributed by atoms with Gasteiger partial charge in [-0.1, -0.05) is 57.9 Å². The lowest BCUT2D eigenvalue weighted by molar-refractivity contribution is -0.142. The third-order valence-electron chi connectivity index (χ3n) is 5.56. The highest BCUT2D eigenvalue weighted by Gasteiger charge is 2.29. The highest BCUT2D eigenvalue weighted by molar-refractivity contribution is 5.85. The number of carbonyl (C=O) groups excluding carboxylic acids is 2. The predicted octanol–water partition coefficient (Wildman–Crippen LogP) is 4.59. The Morgan fingerprint density at radius 3 is 2.67 bits per heavy atom. The molecule has 2 rings (SSSR count). The SMILES string of the molecule is CCCCCC(=O)N(CCC(C)C)CC(=O)N1CCc2ccccc2C1C. The number of benzene rings is 1. The maximum atomic E-state index is 13.0. The monoisotopic (exact) mass is 372 g/mol. The van der Waals surface area contributed by atoms with Crippen LogP contribution in [-0.2, 0) is 16.0 Å². The quantitative estimate of drug-likeness (QED) is 0.595. The Kier molecular flexibility index (Phi) is 8.33. The van der Waals surface area contributed by atoms with Crippen molar-refractivity contribution >= 4 is 11.8 Å². The Hall–Kier alpha value is -1.84. The Morgan fingerprint density at radius 2 is 1.96 bits per heavy atom. The summed E-state index contributed by atoms with van der Waals surface area (Å²) < 4.78 is 0. The third-order valence-corrected chi connectivity index (χ3v) is 5.56. The third kappa shape index (κ3) is 6.08. The van der Waals surface area contributed by atoms with E-state index in [-0.39, 0.29) is 24.4 Å². The fourth-order valence-electron chi connectivity index (χ4n) is 3.76. The molecule has 0 radical (unpaired) electrons. The van der Waals surface area contributed by atoms with E-state index in [0.717, 1.165) is 38.6 Å². The minimum Gasteiger partial charge on any atom is -0.334 e. The second kappa shape index (κ2) is 10.5. The van der Waals surface area contributed by atoms with Gasteiger partial charge in [-0.3, -0.25) is 9.59 Å². The summed E-state index contributed by atoms with van der Waals surface area (Å²) in [5, 5.41) is 0. The molecule has 0 N–H and O–H groups in total. The van der Waals surface area contributed by atoms with Gasteiger partial charge in [-0.2, -0.15) is 0 Å². The Labute approximate surface area is 164 Å². The van der Waals surface area contributed by atoms with Crippen molar-refractivity contribution in [2.45, 2.75) is 72.3 Å². The van der Waals surface area contributed by atoms with Crippen LogP contribution in [0.2, 0.25) is 0 Å². The first-order valence-corrected chi connectivity index (χ1v) is 10.6. The fourth-order valence-corrected chi connectivity index (χ4v) is 3.76. The standard InChI is InChI=1S/C23H36N2O2/c1-5-6-7-12-22(26)24(15-13-18(2)3)17-23(27)25-16-14-20-10-8-9-11-21(20)19(25)4/h8-11,18-19H,5-7,12-17H2,1-4H3. The number of hydrogen-bond acceptors (Lipinski definition) is 2. The van der Waals surface area contributed by atoms with Crippen molar-refractivity contribution < 1.29 is 9.59 Å². The first kappa shape index (κ1) is 21.5. The van der Waals surface area contributed by atoms with Crippen LogP contribution < -0.4 is 0 Å². The molecular formula is C23H36N2O2. The van der Waals surface area contributed by atoms with Crippen LogP contribution in [0.5, 0.6) is 0 Å². The summed E-state index contributed by atoms with van der Waals surface area (Å²) in [5.41, 5.74) is 2.57. The molecule has 4 heteroatoms. The van der Waals surface area contributed by atoms with Crippen molar-refractivity contribution in [3.05, 3.63) is 35.4 Å². The van der Waals surface area contributed by atoms with Crippen molar-refractivity contribution in [2.24, 2.45) is 5.92 Å². The number of rotatable bonds is 9. The lowest BCUT2D eigenvalue weighted by Gasteiger charge is -2.36. The molecule has 0 aromatic heterocycles. The van der Waals surface area contributed by atoms with E-state index in [0.29, 0.717) is 18.9 Å². The van der Waals surface area contributed by atoms with E-state index in [1.54, 1.807) is 4.90 Å². The normalized spacial score (nSPS) is 16.3. The highest BCUT2D eigenvalue weighted by Crippen LogP contribution is 2.29. The van der Waals surface area contributed by atoms with Gasteiger partial charge >= 0.3 is 0 Å². The van der Waals surface area contributed by atoms with Gasteiger partial charge in [-0.15, -0.1) is 0 Å². The van der Waals surface area contributed by atoms with Gasteiger partial charge < -0.3 is 9.80 Å². The number of hydrogen-bond donors (Lipinski definition) is 0. The summed E-state index contributed by atoms with van der Waals surface area (Å²) in [6.07, 6.45) is 5.46. The minimum atomic E-state index is 0.0737. The number of unbranched alkanes of at least 4 members (excludes halogenated alkanes) is 2. The molecule has 0 saturated heterocycles. The molecule has 4 nitrogen and oxygen atoms in total. The van der Waals surface area contributed by atoms with E-state index in [2.05, 4.69) is 45.9 Å². The Bertz CT molecular complexity index is 627. The van der Waals surface area contributed by atoms with E-state index < -0.39 is 0 Å². The van der Waals surface area contributed by atoms with Gasteiger partial charge in [0, 0.05) is 19.5 Å². The molecule has 1 aromatic carbocycles. The molecule has 1 aromatic rings. The van der Waals surface area contributed by atoms with Crippen molar-refractivity contribution in [2.75, 3.05) is 19.6 Å². The van der Waals surface area contributed by atoms with Crippen LogP contribution in [0.15, 0.2) is 24.3 Å². The summed E-state index contributed by atoms with van der Waals surface area (Å²) in [5.74, 6) is 0.721. The molecule has 1 atom stereocenters. The van der Waals surface area contributed by atoms with Crippen molar-refractivity contribution in [1.29, 1.82) is 0 Å². The summed E-state index contributed by atoms with van der Waals surface area (Å²) in [6.45, 7) is 10.2. The highest BCUT2D eigenvalue weighted by atomic mass is 16.2. The molecule has 0 fully saturated rings. The van der Waals surface area contributed by atoms with Gasteiger partial charge in [0.25, 0.3) is 0 Å². The summed E-state index contributed by atoms with van der Waals surface area (Å²) >= 11 is 0. The molecule has 2 amide bonds. The van der Waals surface area contributed by atoms with Crippen LogP contribution >= 0.6 is 0 Å². The van der Waals surface area contributed by atoms with E-state index in [4.69, 9.17) is 0 Å². The molecule has 0 saturated carbocycles. The largest absolute Gasteiger partial charge is 0.334 e. The van der Waals surface area contributed by atoms with Crippen LogP contribution in [0.3, 0.4) is 0 Å². The molecule has 0 spiro atoms. The lowest BCUT2D eigenvalue weighted by Crippen LogP contribution is -2.46. The van der Waals surface area contributed by atoms with Gasteiger partial charge in [0.1, 0.15) is 0 Å². The molecule has 27 heavy (non-hydrogen) atoms. The summed E-state index contributed by atoms with van der Waals surface area (Å²) in [6, 6.07) is 8.44. The maximum Gasteiger partial charge on any atom is 0.242 e. The van der Waals surface area contributed by atoms with E-state index >= 15 is 0 Å². The molecule has 1 aliphatic rings. The number of fused-ring (bicyclic) bond motifs is 1. The zero-order valence-corrected chi connectivity index (χ0v) is 17.5. The lowest BCUT2D eigenvalue weighted by atomic mass is 9.93. The molecule has 1 heterocycles. The van der Waals surface area contributed by atoms with Crippen molar-refractivity contribution in [1.82, 2.24) is 9.80 Å². The summed E-state index contributed by atoms with van der Waals surface area (Å²) in [4.78, 5) is 29.5. The molecule has 1 unspecified atom stereocenters. The van der Waals surface area contributed by atoms with Gasteiger partial charge in [0.15, 0.2) is 0 Å². The number of nitrogens with zero attached hydrogens (tertiary/aromatic N) is 2. The van der Waals surface area contributed by atoms with Gasteiger partial charge in [0.05, 0.1) is 12.6 Å². The molecule has 0 aliphatic carbocycles. The smallest absolute Gasteiger partial charge is 0.242 e. The van der Waals surface area contributed by atoms with Crippen LogP contribution in [0.4, 0.5) is 0 Å². The molecule has 150 valence electrons. The van der Waals surface area contributed by atoms with Crippen molar-refractivity contribution in [3.63, 3.8) is 0 Å². The molecule has 1 aliphatic heterocycles. The maximum absolute atomic E-state index is 13.0. The predicted molar refractivity (Wildman–Crippen MR) is 110 cm³/mol. The van der Waals surface area contributed by atoms with Gasteiger partial charge in [-0.25, -0.2) is 0 Å². The molecule has 0 bridgehead atoms. The zero-order chi connectivity index (χ0) is 19.8. The van der Waals surface area contributed by atoms with Gasteiger partial charge in [-0.05, 0) is 43.2 Å². The topological polar surface area (TPSA) is 40.6 Å². The van der Waals surface area contributed by atoms with E-state index in [1.165, 1.54) is 11.1 Å². The van der Waals surface area contributed by atoms with Gasteiger partial charge in [0.2, 0.25) is 11.8 Å². The van der Waals surface area contributed by atoms with E-state index in [9.17, 15) is 9.59 Å². The van der Waals surface area contributed by atoms with Crippen molar-refractivity contribution in [3.8, 4) is 0 Å². The Balaban J connectivity index is 2.02. The minimum absolute atomic E-state index is 0.0737. The first-order chi connectivity index (χ1) is 12.9.